The highest BCUT2D eigenvalue weighted by Crippen LogP contribution is 2.35. The summed E-state index contributed by atoms with van der Waals surface area (Å²) in [7, 11) is 0. The van der Waals surface area contributed by atoms with Gasteiger partial charge in [0.05, 0.1) is 23.8 Å². The second-order valence-electron chi connectivity index (χ2n) is 6.65. The summed E-state index contributed by atoms with van der Waals surface area (Å²) in [5.41, 5.74) is 1.24. The molecule has 0 radical (unpaired) electrons. The lowest BCUT2D eigenvalue weighted by molar-refractivity contribution is -0.141. The number of carbonyl (C=O) groups excluding carboxylic acids is 1. The Labute approximate surface area is 170 Å². The maximum Gasteiger partial charge on any atom is 0.436 e. The summed E-state index contributed by atoms with van der Waals surface area (Å²) in [5, 5.41) is 9.95. The number of rotatable bonds is 6. The van der Waals surface area contributed by atoms with Crippen molar-refractivity contribution in [2.24, 2.45) is 0 Å². The molecular formula is C19H19ClF3N5O. The molecule has 1 amide bonds. The number of alkyl halides is 3. The molecule has 0 aliphatic rings. The third-order valence-electron chi connectivity index (χ3n) is 4.29. The van der Waals surface area contributed by atoms with Crippen LogP contribution in [0, 0.1) is 13.8 Å². The van der Waals surface area contributed by atoms with Gasteiger partial charge < -0.3 is 5.32 Å². The molecule has 6 nitrogen and oxygen atoms in total. The van der Waals surface area contributed by atoms with E-state index in [1.807, 2.05) is 31.2 Å². The largest absolute Gasteiger partial charge is 0.436 e. The van der Waals surface area contributed by atoms with Crippen LogP contribution in [0.3, 0.4) is 0 Å². The van der Waals surface area contributed by atoms with Gasteiger partial charge in [0.25, 0.3) is 0 Å². The Bertz CT molecular complexity index is 1030. The molecule has 10 heteroatoms. The zero-order chi connectivity index (χ0) is 21.2. The molecule has 2 heterocycles. The number of aryl methyl sites for hydroxylation is 2. The van der Waals surface area contributed by atoms with Crippen molar-refractivity contribution < 1.29 is 18.0 Å². The van der Waals surface area contributed by atoms with Crippen LogP contribution in [0.1, 0.15) is 28.9 Å². The first kappa shape index (κ1) is 20.9. The Kier molecular flexibility index (Phi) is 5.97. The fourth-order valence-corrected chi connectivity index (χ4v) is 3.09. The molecule has 0 bridgehead atoms. The molecule has 29 heavy (non-hydrogen) atoms. The summed E-state index contributed by atoms with van der Waals surface area (Å²) in [6, 6.07) is 9.66. The minimum absolute atomic E-state index is 0.0303. The average Bonchev–Trinajstić information content (AvgIpc) is 3.18. The van der Waals surface area contributed by atoms with Gasteiger partial charge in [-0.2, -0.15) is 23.4 Å². The van der Waals surface area contributed by atoms with Gasteiger partial charge in [0, 0.05) is 18.7 Å². The average molecular weight is 426 g/mol. The predicted molar refractivity (Wildman–Crippen MR) is 103 cm³/mol. The van der Waals surface area contributed by atoms with Crippen LogP contribution in [0.5, 0.6) is 0 Å². The highest BCUT2D eigenvalue weighted by Gasteiger charge is 2.38. The maximum absolute atomic E-state index is 12.9. The van der Waals surface area contributed by atoms with Crippen LogP contribution in [0.4, 0.5) is 19.0 Å². The van der Waals surface area contributed by atoms with E-state index in [0.717, 1.165) is 15.8 Å². The van der Waals surface area contributed by atoms with Crippen molar-refractivity contribution in [2.75, 3.05) is 5.32 Å². The number of aromatic nitrogens is 4. The Morgan fingerprint density at radius 1 is 1.21 bits per heavy atom. The van der Waals surface area contributed by atoms with Gasteiger partial charge in [-0.3, -0.25) is 14.2 Å². The van der Waals surface area contributed by atoms with E-state index in [2.05, 4.69) is 15.5 Å². The SMILES string of the molecule is Cc1cccc(Cn2ccc(NC(=O)CCn3nc(C(F)(F)F)c(Cl)c3C)n2)c1. The number of nitrogens with zero attached hydrogens (tertiary/aromatic N) is 4. The number of halogens is 4. The Hall–Kier alpha value is -2.81. The van der Waals surface area contributed by atoms with Gasteiger partial charge in [-0.1, -0.05) is 41.4 Å². The zero-order valence-corrected chi connectivity index (χ0v) is 16.6. The summed E-state index contributed by atoms with van der Waals surface area (Å²) >= 11 is 5.71. The van der Waals surface area contributed by atoms with Crippen LogP contribution < -0.4 is 5.32 Å². The molecule has 0 unspecified atom stereocenters. The maximum atomic E-state index is 12.9. The Morgan fingerprint density at radius 3 is 2.62 bits per heavy atom. The first-order chi connectivity index (χ1) is 13.6. The molecule has 2 aromatic heterocycles. The van der Waals surface area contributed by atoms with Crippen LogP contribution in [0.25, 0.3) is 0 Å². The molecule has 0 saturated heterocycles. The Morgan fingerprint density at radius 2 is 1.97 bits per heavy atom. The van der Waals surface area contributed by atoms with Crippen LogP contribution in [0.2, 0.25) is 5.02 Å². The number of nitrogens with one attached hydrogen (secondary N) is 1. The molecule has 1 aromatic carbocycles. The lowest BCUT2D eigenvalue weighted by Gasteiger charge is -2.05. The normalized spacial score (nSPS) is 11.7. The standard InChI is InChI=1S/C19H19ClF3N5O/c1-12-4-3-5-14(10-12)11-27-8-6-15(25-27)24-16(29)7-9-28-13(2)17(20)18(26-28)19(21,22)23/h3-6,8,10H,7,9,11H2,1-2H3,(H,24,25,29). The van der Waals surface area contributed by atoms with Crippen molar-refractivity contribution in [3.05, 3.63) is 64.1 Å². The van der Waals surface area contributed by atoms with E-state index in [-0.39, 0.29) is 24.6 Å². The van der Waals surface area contributed by atoms with Gasteiger partial charge in [-0.15, -0.1) is 0 Å². The molecule has 0 atom stereocenters. The van der Waals surface area contributed by atoms with Crippen molar-refractivity contribution in [1.82, 2.24) is 19.6 Å². The van der Waals surface area contributed by atoms with Crippen molar-refractivity contribution in [2.45, 2.75) is 39.5 Å². The third kappa shape index (κ3) is 5.17. The van der Waals surface area contributed by atoms with Crippen LogP contribution in [-0.2, 0) is 24.1 Å². The summed E-state index contributed by atoms with van der Waals surface area (Å²) in [6.07, 6.45) is -2.97. The van der Waals surface area contributed by atoms with Crippen molar-refractivity contribution in [3.8, 4) is 0 Å². The first-order valence-corrected chi connectivity index (χ1v) is 9.20. The summed E-state index contributed by atoms with van der Waals surface area (Å²) in [5.74, 6) is -0.0146. The van der Waals surface area contributed by atoms with Crippen LogP contribution in [-0.4, -0.2) is 25.5 Å². The molecule has 0 fully saturated rings. The van der Waals surface area contributed by atoms with Crippen molar-refractivity contribution in [3.63, 3.8) is 0 Å². The Balaban J connectivity index is 1.57. The van der Waals surface area contributed by atoms with E-state index in [9.17, 15) is 18.0 Å². The van der Waals surface area contributed by atoms with E-state index in [4.69, 9.17) is 11.6 Å². The van der Waals surface area contributed by atoms with Gasteiger partial charge in [-0.05, 0) is 19.4 Å². The van der Waals surface area contributed by atoms with Gasteiger partial charge in [-0.25, -0.2) is 0 Å². The van der Waals surface area contributed by atoms with Gasteiger partial charge >= 0.3 is 6.18 Å². The molecule has 0 aliphatic carbocycles. The van der Waals surface area contributed by atoms with Gasteiger partial charge in [0.2, 0.25) is 5.91 Å². The van der Waals surface area contributed by atoms with Gasteiger partial charge in [0.15, 0.2) is 11.5 Å². The van der Waals surface area contributed by atoms with Crippen LogP contribution in [0.15, 0.2) is 36.5 Å². The van der Waals surface area contributed by atoms with E-state index in [1.165, 1.54) is 6.92 Å². The van der Waals surface area contributed by atoms with E-state index in [0.29, 0.717) is 12.4 Å². The third-order valence-corrected chi connectivity index (χ3v) is 4.74. The smallest absolute Gasteiger partial charge is 0.309 e. The number of hydrogen-bond donors (Lipinski definition) is 1. The lowest BCUT2D eigenvalue weighted by Crippen LogP contribution is -2.16. The fraction of sp³-hybridized carbons (Fsp3) is 0.316. The highest BCUT2D eigenvalue weighted by molar-refractivity contribution is 6.31. The molecule has 1 N–H and O–H groups in total. The second-order valence-corrected chi connectivity index (χ2v) is 7.03. The first-order valence-electron chi connectivity index (χ1n) is 8.82. The number of benzene rings is 1. The molecular weight excluding hydrogens is 407 g/mol. The predicted octanol–water partition coefficient (Wildman–Crippen LogP) is 4.45. The summed E-state index contributed by atoms with van der Waals surface area (Å²) in [4.78, 5) is 12.1. The molecule has 0 spiro atoms. The number of hydrogen-bond acceptors (Lipinski definition) is 3. The summed E-state index contributed by atoms with van der Waals surface area (Å²) in [6.45, 7) is 3.96. The molecule has 0 saturated carbocycles. The minimum Gasteiger partial charge on any atom is -0.309 e. The van der Waals surface area contributed by atoms with Crippen molar-refractivity contribution in [1.29, 1.82) is 0 Å². The summed E-state index contributed by atoms with van der Waals surface area (Å²) < 4.78 is 41.4. The molecule has 154 valence electrons. The number of amides is 1. The van der Waals surface area contributed by atoms with E-state index in [1.54, 1.807) is 16.9 Å². The lowest BCUT2D eigenvalue weighted by atomic mass is 10.1. The van der Waals surface area contributed by atoms with Gasteiger partial charge in [0.1, 0.15) is 0 Å². The fourth-order valence-electron chi connectivity index (χ4n) is 2.85. The monoisotopic (exact) mass is 425 g/mol. The molecule has 3 aromatic rings. The molecule has 3 rings (SSSR count). The van der Waals surface area contributed by atoms with E-state index >= 15 is 0 Å². The van der Waals surface area contributed by atoms with E-state index < -0.39 is 16.9 Å². The van der Waals surface area contributed by atoms with Crippen LogP contribution >= 0.6 is 11.6 Å². The highest BCUT2D eigenvalue weighted by atomic mass is 35.5. The topological polar surface area (TPSA) is 64.7 Å². The minimum atomic E-state index is -4.64. The zero-order valence-electron chi connectivity index (χ0n) is 15.8. The second kappa shape index (κ2) is 8.28. The molecule has 0 aliphatic heterocycles. The quantitative estimate of drug-likeness (QED) is 0.634. The number of anilines is 1. The number of carbonyl (C=O) groups is 1. The van der Waals surface area contributed by atoms with Crippen molar-refractivity contribution >= 4 is 23.3 Å².